The van der Waals surface area contributed by atoms with Gasteiger partial charge in [0, 0.05) is 0 Å². The molecule has 2 rings (SSSR count). The predicted octanol–water partition coefficient (Wildman–Crippen LogP) is 5.03. The van der Waals surface area contributed by atoms with Gasteiger partial charge in [-0.25, -0.2) is 0 Å². The lowest BCUT2D eigenvalue weighted by molar-refractivity contribution is -0.0400. The second-order valence-electron chi connectivity index (χ2n) is 6.84. The molecule has 2 fully saturated rings. The molecule has 2 aliphatic rings. The first-order valence-corrected chi connectivity index (χ1v) is 7.00. The fourth-order valence-electron chi connectivity index (χ4n) is 4.47. The van der Waals surface area contributed by atoms with E-state index in [1.54, 1.807) is 0 Å². The highest BCUT2D eigenvalue weighted by molar-refractivity contribution is 5.00. The van der Waals surface area contributed by atoms with Gasteiger partial charge in [-0.05, 0) is 41.9 Å². The first kappa shape index (κ1) is 11.5. The van der Waals surface area contributed by atoms with E-state index in [0.717, 1.165) is 11.8 Å². The van der Waals surface area contributed by atoms with Crippen LogP contribution in [-0.2, 0) is 0 Å². The Kier molecular flexibility index (Phi) is 2.90. The second-order valence-corrected chi connectivity index (χ2v) is 6.84. The van der Waals surface area contributed by atoms with Crippen molar-refractivity contribution >= 4 is 0 Å². The van der Waals surface area contributed by atoms with E-state index in [9.17, 15) is 0 Å². The van der Waals surface area contributed by atoms with Crippen LogP contribution in [0.2, 0.25) is 0 Å². The molecule has 0 bridgehead atoms. The van der Waals surface area contributed by atoms with Crippen molar-refractivity contribution in [2.45, 2.75) is 72.6 Å². The smallest absolute Gasteiger partial charge is 0.0244 e. The lowest BCUT2D eigenvalue weighted by atomic mass is 9.51. The Labute approximate surface area is 95.8 Å². The largest absolute Gasteiger partial charge is 0.0622 e. The first-order valence-electron chi connectivity index (χ1n) is 7.00. The van der Waals surface area contributed by atoms with Crippen LogP contribution in [0.15, 0.2) is 0 Å². The molecular weight excluding hydrogens is 180 g/mol. The van der Waals surface area contributed by atoms with E-state index in [1.165, 1.54) is 44.9 Å². The lowest BCUT2D eigenvalue weighted by Gasteiger charge is -2.53. The topological polar surface area (TPSA) is 0 Å². The maximum atomic E-state index is 2.60. The van der Waals surface area contributed by atoms with Crippen LogP contribution in [0.5, 0.6) is 0 Å². The van der Waals surface area contributed by atoms with Crippen LogP contribution in [0.4, 0.5) is 0 Å². The van der Waals surface area contributed by atoms with Gasteiger partial charge in [-0.15, -0.1) is 0 Å². The lowest BCUT2D eigenvalue weighted by Crippen LogP contribution is -2.45. The Morgan fingerprint density at radius 3 is 2.20 bits per heavy atom. The Morgan fingerprint density at radius 1 is 0.867 bits per heavy atom. The fourth-order valence-corrected chi connectivity index (χ4v) is 4.47. The average Bonchev–Trinajstić information content (AvgIpc) is 2.28. The zero-order chi connectivity index (χ0) is 11.1. The number of hydrogen-bond acceptors (Lipinski definition) is 0. The van der Waals surface area contributed by atoms with Gasteiger partial charge in [0.25, 0.3) is 0 Å². The van der Waals surface area contributed by atoms with E-state index >= 15 is 0 Å². The third-order valence-electron chi connectivity index (χ3n) is 6.30. The maximum Gasteiger partial charge on any atom is -0.0244 e. The molecule has 0 saturated heterocycles. The van der Waals surface area contributed by atoms with Crippen LogP contribution >= 0.6 is 0 Å². The summed E-state index contributed by atoms with van der Waals surface area (Å²) >= 11 is 0. The molecule has 4 atom stereocenters. The Hall–Kier alpha value is 0. The SMILES string of the molecule is CC1CCCC2(C)CCCCC2(C)C1C. The summed E-state index contributed by atoms with van der Waals surface area (Å²) in [6.45, 7) is 10.2. The zero-order valence-electron chi connectivity index (χ0n) is 11.1. The maximum absolute atomic E-state index is 2.60. The van der Waals surface area contributed by atoms with E-state index in [1.807, 2.05) is 0 Å². The number of fused-ring (bicyclic) bond motifs is 1. The molecule has 0 amide bonds. The summed E-state index contributed by atoms with van der Waals surface area (Å²) in [5.74, 6) is 1.86. The molecule has 0 nitrogen and oxygen atoms in total. The minimum atomic E-state index is 0.626. The number of rotatable bonds is 0. The number of hydrogen-bond donors (Lipinski definition) is 0. The van der Waals surface area contributed by atoms with Crippen molar-refractivity contribution in [1.82, 2.24) is 0 Å². The monoisotopic (exact) mass is 208 g/mol. The molecule has 0 aromatic heterocycles. The Morgan fingerprint density at radius 2 is 1.47 bits per heavy atom. The standard InChI is InChI=1S/C15H28/c1-12-8-7-10-14(3)9-5-6-11-15(14,4)13(12)2/h12-13H,5-11H2,1-4H3. The quantitative estimate of drug-likeness (QED) is 0.524. The molecule has 88 valence electrons. The highest BCUT2D eigenvalue weighted by Crippen LogP contribution is 2.60. The van der Waals surface area contributed by atoms with Gasteiger partial charge in [0.05, 0.1) is 0 Å². The summed E-state index contributed by atoms with van der Waals surface area (Å²) in [6, 6.07) is 0. The van der Waals surface area contributed by atoms with Crippen LogP contribution in [0, 0.1) is 22.7 Å². The molecule has 0 aromatic rings. The van der Waals surface area contributed by atoms with Crippen LogP contribution in [0.3, 0.4) is 0 Å². The summed E-state index contributed by atoms with van der Waals surface area (Å²) in [5, 5.41) is 0. The molecule has 0 spiro atoms. The van der Waals surface area contributed by atoms with E-state index in [-0.39, 0.29) is 0 Å². The molecule has 0 heteroatoms. The third kappa shape index (κ3) is 1.65. The molecule has 0 aromatic carbocycles. The predicted molar refractivity (Wildman–Crippen MR) is 66.9 cm³/mol. The minimum Gasteiger partial charge on any atom is -0.0622 e. The highest BCUT2D eigenvalue weighted by Gasteiger charge is 2.51. The molecule has 2 aliphatic carbocycles. The summed E-state index contributed by atoms with van der Waals surface area (Å²) < 4.78 is 0. The zero-order valence-corrected chi connectivity index (χ0v) is 11.1. The summed E-state index contributed by atoms with van der Waals surface area (Å²) in [7, 11) is 0. The van der Waals surface area contributed by atoms with Crippen LogP contribution in [0.1, 0.15) is 72.6 Å². The summed E-state index contributed by atoms with van der Waals surface area (Å²) in [6.07, 6.45) is 10.3. The molecule has 15 heavy (non-hydrogen) atoms. The van der Waals surface area contributed by atoms with E-state index in [0.29, 0.717) is 10.8 Å². The first-order chi connectivity index (χ1) is 7.00. The summed E-state index contributed by atoms with van der Waals surface area (Å²) in [4.78, 5) is 0. The molecule has 0 radical (unpaired) electrons. The van der Waals surface area contributed by atoms with Gasteiger partial charge >= 0.3 is 0 Å². The second kappa shape index (κ2) is 3.79. The van der Waals surface area contributed by atoms with Crippen molar-refractivity contribution in [3.63, 3.8) is 0 Å². The van der Waals surface area contributed by atoms with Gasteiger partial charge in [-0.2, -0.15) is 0 Å². The Balaban J connectivity index is 2.32. The fraction of sp³-hybridized carbons (Fsp3) is 1.00. The van der Waals surface area contributed by atoms with Crippen molar-refractivity contribution in [1.29, 1.82) is 0 Å². The van der Waals surface area contributed by atoms with Gasteiger partial charge in [-0.3, -0.25) is 0 Å². The Bertz CT molecular complexity index is 232. The van der Waals surface area contributed by atoms with Crippen molar-refractivity contribution < 1.29 is 0 Å². The van der Waals surface area contributed by atoms with Gasteiger partial charge < -0.3 is 0 Å². The van der Waals surface area contributed by atoms with Crippen molar-refractivity contribution in [3.8, 4) is 0 Å². The van der Waals surface area contributed by atoms with E-state index in [2.05, 4.69) is 27.7 Å². The third-order valence-corrected chi connectivity index (χ3v) is 6.30. The molecule has 0 N–H and O–H groups in total. The van der Waals surface area contributed by atoms with E-state index < -0.39 is 0 Å². The molecule has 2 saturated carbocycles. The average molecular weight is 208 g/mol. The van der Waals surface area contributed by atoms with Crippen LogP contribution in [-0.4, -0.2) is 0 Å². The molecule has 0 aliphatic heterocycles. The normalized spacial score (nSPS) is 52.0. The van der Waals surface area contributed by atoms with Crippen molar-refractivity contribution in [2.75, 3.05) is 0 Å². The van der Waals surface area contributed by atoms with Crippen LogP contribution in [0.25, 0.3) is 0 Å². The van der Waals surface area contributed by atoms with Gasteiger partial charge in [-0.1, -0.05) is 53.4 Å². The van der Waals surface area contributed by atoms with Crippen molar-refractivity contribution in [2.24, 2.45) is 22.7 Å². The van der Waals surface area contributed by atoms with Gasteiger partial charge in [0.15, 0.2) is 0 Å². The molecular formula is C15H28. The van der Waals surface area contributed by atoms with Gasteiger partial charge in [0.1, 0.15) is 0 Å². The summed E-state index contributed by atoms with van der Waals surface area (Å²) in [5.41, 5.74) is 1.27. The van der Waals surface area contributed by atoms with Crippen LogP contribution < -0.4 is 0 Å². The molecule has 0 heterocycles. The van der Waals surface area contributed by atoms with Crippen molar-refractivity contribution in [3.05, 3.63) is 0 Å². The van der Waals surface area contributed by atoms with E-state index in [4.69, 9.17) is 0 Å². The minimum absolute atomic E-state index is 0.626. The molecule has 4 unspecified atom stereocenters. The van der Waals surface area contributed by atoms with Gasteiger partial charge in [0.2, 0.25) is 0 Å². The highest BCUT2D eigenvalue weighted by atomic mass is 14.6.